The molecule has 1 heterocycles. The predicted octanol–water partition coefficient (Wildman–Crippen LogP) is 4.29. The molecule has 4 rings (SSSR count). The van der Waals surface area contributed by atoms with Gasteiger partial charge in [0.25, 0.3) is 5.91 Å². The maximum atomic E-state index is 13.7. The van der Waals surface area contributed by atoms with Crippen LogP contribution in [0.1, 0.15) is 82.5 Å². The summed E-state index contributed by atoms with van der Waals surface area (Å²) in [5.74, 6) is -0.300. The van der Waals surface area contributed by atoms with Gasteiger partial charge in [-0.15, -0.1) is 0 Å². The van der Waals surface area contributed by atoms with Crippen molar-refractivity contribution in [3.63, 3.8) is 0 Å². The van der Waals surface area contributed by atoms with Gasteiger partial charge in [-0.1, -0.05) is 19.9 Å². The first kappa shape index (κ1) is 23.2. The van der Waals surface area contributed by atoms with Crippen molar-refractivity contribution in [2.45, 2.75) is 83.8 Å². The minimum absolute atomic E-state index is 0.0824. The number of benzene rings is 1. The van der Waals surface area contributed by atoms with E-state index in [4.69, 9.17) is 0 Å². The molecule has 2 aliphatic carbocycles. The van der Waals surface area contributed by atoms with Gasteiger partial charge in [0, 0.05) is 31.1 Å². The Labute approximate surface area is 190 Å². The van der Waals surface area contributed by atoms with E-state index >= 15 is 0 Å². The molecule has 2 N–H and O–H groups in total. The lowest BCUT2D eigenvalue weighted by molar-refractivity contribution is -0.132. The van der Waals surface area contributed by atoms with E-state index in [0.29, 0.717) is 31.2 Å². The molecule has 4 atom stereocenters. The second-order valence-electron chi connectivity index (χ2n) is 11.3. The van der Waals surface area contributed by atoms with Crippen LogP contribution in [-0.4, -0.2) is 46.6 Å². The Morgan fingerprint density at radius 1 is 1.16 bits per heavy atom. The fourth-order valence-corrected chi connectivity index (χ4v) is 6.77. The largest absolute Gasteiger partial charge is 0.390 e. The Bertz CT molecular complexity index is 878. The van der Waals surface area contributed by atoms with Crippen LogP contribution in [0.4, 0.5) is 4.39 Å². The zero-order chi connectivity index (χ0) is 23.1. The van der Waals surface area contributed by atoms with E-state index in [1.54, 1.807) is 12.1 Å². The lowest BCUT2D eigenvalue weighted by Crippen LogP contribution is -2.52. The van der Waals surface area contributed by atoms with Crippen LogP contribution in [0.3, 0.4) is 0 Å². The molecule has 0 aromatic heterocycles. The zero-order valence-corrected chi connectivity index (χ0v) is 19.6. The van der Waals surface area contributed by atoms with Gasteiger partial charge < -0.3 is 15.3 Å². The molecule has 5 nitrogen and oxygen atoms in total. The van der Waals surface area contributed by atoms with E-state index in [1.165, 1.54) is 12.1 Å². The number of hydrogen-bond acceptors (Lipinski definition) is 3. The van der Waals surface area contributed by atoms with Crippen molar-refractivity contribution < 1.29 is 19.1 Å². The zero-order valence-electron chi connectivity index (χ0n) is 19.6. The summed E-state index contributed by atoms with van der Waals surface area (Å²) >= 11 is 0. The van der Waals surface area contributed by atoms with E-state index in [1.807, 2.05) is 11.8 Å². The number of nitrogens with one attached hydrogen (secondary N) is 1. The highest BCUT2D eigenvalue weighted by molar-refractivity contribution is 5.94. The molecule has 3 fully saturated rings. The SMILES string of the molecule is CC1(O)CCC2(CCC(=O)N3CCCC3)C(NC(=O)c3cccc(F)c3)CC(C)(C)C2C1. The Morgan fingerprint density at radius 2 is 1.88 bits per heavy atom. The van der Waals surface area contributed by atoms with Crippen LogP contribution in [0, 0.1) is 22.6 Å². The number of aliphatic hydroxyl groups is 1. The Hall–Kier alpha value is -1.95. The van der Waals surface area contributed by atoms with Crippen molar-refractivity contribution >= 4 is 11.8 Å². The second-order valence-corrected chi connectivity index (χ2v) is 11.3. The first-order valence-electron chi connectivity index (χ1n) is 12.1. The van der Waals surface area contributed by atoms with Gasteiger partial charge in [0.2, 0.25) is 5.91 Å². The molecule has 1 saturated heterocycles. The van der Waals surface area contributed by atoms with Crippen LogP contribution in [0.25, 0.3) is 0 Å². The molecule has 6 heteroatoms. The van der Waals surface area contributed by atoms with Crippen LogP contribution < -0.4 is 5.32 Å². The van der Waals surface area contributed by atoms with E-state index in [0.717, 1.165) is 38.8 Å². The highest BCUT2D eigenvalue weighted by Gasteiger charge is 2.61. The summed E-state index contributed by atoms with van der Waals surface area (Å²) in [6.45, 7) is 8.01. The Kier molecular flexibility index (Phi) is 6.12. The third-order valence-corrected chi connectivity index (χ3v) is 8.49. The predicted molar refractivity (Wildman–Crippen MR) is 121 cm³/mol. The third kappa shape index (κ3) is 4.43. The molecular formula is C26H37FN2O3. The molecule has 32 heavy (non-hydrogen) atoms. The fourth-order valence-electron chi connectivity index (χ4n) is 6.77. The molecular weight excluding hydrogens is 407 g/mol. The summed E-state index contributed by atoms with van der Waals surface area (Å²) in [7, 11) is 0. The number of nitrogens with zero attached hydrogens (tertiary/aromatic N) is 1. The Balaban J connectivity index is 1.59. The number of likely N-dealkylation sites (tertiary alicyclic amines) is 1. The summed E-state index contributed by atoms with van der Waals surface area (Å²) in [6, 6.07) is 5.67. The summed E-state index contributed by atoms with van der Waals surface area (Å²) in [5.41, 5.74) is -0.742. The van der Waals surface area contributed by atoms with Gasteiger partial charge in [0.1, 0.15) is 5.82 Å². The number of halogens is 1. The molecule has 4 unspecified atom stereocenters. The van der Waals surface area contributed by atoms with Gasteiger partial charge in [-0.05, 0) is 86.8 Å². The molecule has 1 aromatic rings. The first-order valence-corrected chi connectivity index (χ1v) is 12.1. The molecule has 0 bridgehead atoms. The number of carbonyl (C=O) groups is 2. The van der Waals surface area contributed by atoms with Gasteiger partial charge in [0.05, 0.1) is 5.60 Å². The van der Waals surface area contributed by atoms with Crippen LogP contribution >= 0.6 is 0 Å². The van der Waals surface area contributed by atoms with E-state index in [-0.39, 0.29) is 34.6 Å². The minimum Gasteiger partial charge on any atom is -0.390 e. The van der Waals surface area contributed by atoms with Crippen molar-refractivity contribution in [3.8, 4) is 0 Å². The summed E-state index contributed by atoms with van der Waals surface area (Å²) in [4.78, 5) is 27.9. The molecule has 0 spiro atoms. The lowest BCUT2D eigenvalue weighted by Gasteiger charge is -2.51. The lowest BCUT2D eigenvalue weighted by atomic mass is 9.57. The van der Waals surface area contributed by atoms with Gasteiger partial charge in [-0.25, -0.2) is 4.39 Å². The molecule has 3 aliphatic rings. The molecule has 176 valence electrons. The molecule has 2 saturated carbocycles. The van der Waals surface area contributed by atoms with Gasteiger partial charge in [-0.2, -0.15) is 0 Å². The highest BCUT2D eigenvalue weighted by Crippen LogP contribution is 2.63. The van der Waals surface area contributed by atoms with Crippen molar-refractivity contribution in [2.24, 2.45) is 16.7 Å². The minimum atomic E-state index is -0.730. The molecule has 1 aliphatic heterocycles. The number of rotatable bonds is 5. The summed E-state index contributed by atoms with van der Waals surface area (Å²) in [6.07, 6.45) is 6.21. The van der Waals surface area contributed by atoms with Crippen molar-refractivity contribution in [2.75, 3.05) is 13.1 Å². The topological polar surface area (TPSA) is 69.6 Å². The van der Waals surface area contributed by atoms with Crippen molar-refractivity contribution in [1.29, 1.82) is 0 Å². The van der Waals surface area contributed by atoms with E-state index in [9.17, 15) is 19.1 Å². The van der Waals surface area contributed by atoms with Crippen LogP contribution in [-0.2, 0) is 4.79 Å². The van der Waals surface area contributed by atoms with Gasteiger partial charge >= 0.3 is 0 Å². The van der Waals surface area contributed by atoms with Crippen LogP contribution in [0.5, 0.6) is 0 Å². The summed E-state index contributed by atoms with van der Waals surface area (Å²) in [5, 5.41) is 14.1. The second kappa shape index (κ2) is 8.44. The van der Waals surface area contributed by atoms with E-state index in [2.05, 4.69) is 19.2 Å². The maximum absolute atomic E-state index is 13.7. The molecule has 2 amide bonds. The smallest absolute Gasteiger partial charge is 0.251 e. The standard InChI is InChI=1S/C26H37FN2O3/c1-24(2)17-21(28-23(31)18-7-6-8-19(27)15-18)26(12-11-25(3,32)16-20(24)26)10-9-22(30)29-13-4-5-14-29/h6-8,15,20-21,32H,4-5,9-14,16-17H2,1-3H3,(H,28,31). The average Bonchev–Trinajstić information content (AvgIpc) is 3.32. The number of fused-ring (bicyclic) bond motifs is 1. The summed E-state index contributed by atoms with van der Waals surface area (Å²) < 4.78 is 13.7. The average molecular weight is 445 g/mol. The van der Waals surface area contributed by atoms with Crippen LogP contribution in [0.15, 0.2) is 24.3 Å². The molecule has 0 radical (unpaired) electrons. The fraction of sp³-hybridized carbons (Fsp3) is 0.692. The Morgan fingerprint density at radius 3 is 2.56 bits per heavy atom. The first-order chi connectivity index (χ1) is 15.0. The van der Waals surface area contributed by atoms with Crippen LogP contribution in [0.2, 0.25) is 0 Å². The number of hydrogen-bond donors (Lipinski definition) is 2. The molecule has 1 aromatic carbocycles. The number of amides is 2. The number of carbonyl (C=O) groups excluding carboxylic acids is 2. The normalized spacial score (nSPS) is 33.7. The van der Waals surface area contributed by atoms with E-state index < -0.39 is 11.4 Å². The van der Waals surface area contributed by atoms with Crippen molar-refractivity contribution in [1.82, 2.24) is 10.2 Å². The van der Waals surface area contributed by atoms with Gasteiger partial charge in [-0.3, -0.25) is 9.59 Å². The monoisotopic (exact) mass is 444 g/mol. The van der Waals surface area contributed by atoms with Gasteiger partial charge in [0.15, 0.2) is 0 Å². The van der Waals surface area contributed by atoms with Crippen molar-refractivity contribution in [3.05, 3.63) is 35.6 Å². The quantitative estimate of drug-likeness (QED) is 0.712. The third-order valence-electron chi connectivity index (χ3n) is 8.49. The highest BCUT2D eigenvalue weighted by atomic mass is 19.1. The maximum Gasteiger partial charge on any atom is 0.251 e.